The molecule has 0 spiro atoms. The molecule has 0 amide bonds. The van der Waals surface area contributed by atoms with Crippen LogP contribution < -0.4 is 0 Å². The quantitative estimate of drug-likeness (QED) is 0.385. The van der Waals surface area contributed by atoms with Crippen molar-refractivity contribution < 1.29 is 10.6 Å². The second kappa shape index (κ2) is 19.0. The maximum absolute atomic E-state index is 7.57. The first kappa shape index (κ1) is 16.4. The van der Waals surface area contributed by atoms with Crippen molar-refractivity contribution in [2.75, 3.05) is 6.61 Å². The van der Waals surface area contributed by atoms with Crippen LogP contribution in [0.3, 0.4) is 0 Å². The van der Waals surface area contributed by atoms with E-state index in [0.717, 1.165) is 0 Å². The van der Waals surface area contributed by atoms with Crippen LogP contribution in [-0.2, 0) is 0 Å². The van der Waals surface area contributed by atoms with Crippen LogP contribution in [0.4, 0.5) is 0 Å². The van der Waals surface area contributed by atoms with E-state index in [4.69, 9.17) is 5.11 Å². The minimum Gasteiger partial charge on any atom is -0.412 e. The van der Waals surface area contributed by atoms with Gasteiger partial charge in [-0.15, -0.1) is 0 Å². The van der Waals surface area contributed by atoms with Crippen LogP contribution in [0.5, 0.6) is 0 Å². The van der Waals surface area contributed by atoms with Crippen molar-refractivity contribution in [1.29, 1.82) is 0 Å². The van der Waals surface area contributed by atoms with E-state index < -0.39 is 0 Å². The van der Waals surface area contributed by atoms with Crippen molar-refractivity contribution in [2.24, 2.45) is 0 Å². The third kappa shape index (κ3) is 37.6. The van der Waals surface area contributed by atoms with Gasteiger partial charge in [-0.05, 0) is 6.92 Å². The maximum atomic E-state index is 7.57. The molecule has 0 heterocycles. The summed E-state index contributed by atoms with van der Waals surface area (Å²) in [6.45, 7) is 1.93. The molecular weight excluding hydrogens is 96.1 g/mol. The Kier molecular flexibility index (Phi) is 62.5. The molecule has 3 N–H and O–H groups in total. The summed E-state index contributed by atoms with van der Waals surface area (Å²) in [5, 5.41) is 7.57. The Hall–Kier alpha value is 1.18. The minimum atomic E-state index is 0. The molecule has 0 aromatic heterocycles. The van der Waals surface area contributed by atoms with Crippen LogP contribution in [0.2, 0.25) is 0 Å². The van der Waals surface area contributed by atoms with Gasteiger partial charge in [0.1, 0.15) is 0 Å². The van der Waals surface area contributed by atoms with E-state index in [1.165, 1.54) is 0 Å². The fourth-order valence-electron chi connectivity index (χ4n) is 0. The molecule has 0 rings (SSSR count). The molecule has 3 heteroatoms. The average Bonchev–Trinajstić information content (AvgIpc) is 0.918. The number of hydrogen-bond donors (Lipinski definition) is 1. The monoisotopic (exact) mass is 104 g/mol. The van der Waals surface area contributed by atoms with E-state index in [0.29, 0.717) is 0 Å². The molecule has 0 bridgehead atoms. The first-order valence-electron chi connectivity index (χ1n) is 1.02. The first-order valence-corrected chi connectivity index (χ1v) is 1.02. The van der Waals surface area contributed by atoms with E-state index in [2.05, 4.69) is 0 Å². The van der Waals surface area contributed by atoms with Crippen molar-refractivity contribution in [3.05, 3.63) is 0 Å². The van der Waals surface area contributed by atoms with Gasteiger partial charge >= 0.3 is 0 Å². The molecule has 0 saturated heterocycles. The Labute approximate surface area is 61.5 Å². The van der Waals surface area contributed by atoms with E-state index in [1.54, 1.807) is 6.92 Å². The van der Waals surface area contributed by atoms with Gasteiger partial charge in [0.25, 0.3) is 0 Å². The molecule has 0 aliphatic carbocycles. The van der Waals surface area contributed by atoms with Gasteiger partial charge in [-0.1, -0.05) is 0 Å². The topological polar surface area (TPSA) is 51.7 Å². The molecule has 0 aromatic rings. The van der Waals surface area contributed by atoms with E-state index in [9.17, 15) is 0 Å². The average molecular weight is 104 g/mol. The number of rotatable bonds is 0. The summed E-state index contributed by atoms with van der Waals surface area (Å²) in [7, 11) is 0. The molecular formula is C2H8CaO2. The van der Waals surface area contributed by atoms with Gasteiger partial charge in [-0.2, -0.15) is 0 Å². The van der Waals surface area contributed by atoms with Gasteiger partial charge < -0.3 is 10.6 Å². The zero-order chi connectivity index (χ0) is 2.71. The molecule has 0 fully saturated rings. The second-order valence-electron chi connectivity index (χ2n) is 0.316. The summed E-state index contributed by atoms with van der Waals surface area (Å²) >= 11 is 0. The number of hydrogen-bond acceptors (Lipinski definition) is 1. The molecule has 2 radical (unpaired) electrons. The molecule has 2 nitrogen and oxygen atoms in total. The number of aliphatic hydroxyl groups is 1. The molecule has 0 aliphatic heterocycles. The molecule has 0 aliphatic rings. The molecule has 0 unspecified atom stereocenters. The van der Waals surface area contributed by atoms with Gasteiger partial charge in [0, 0.05) is 44.3 Å². The summed E-state index contributed by atoms with van der Waals surface area (Å²) in [4.78, 5) is 0. The Balaban J connectivity index is -0.0000000200. The molecule has 30 valence electrons. The Morgan fingerprint density at radius 2 is 1.60 bits per heavy atom. The largest absolute Gasteiger partial charge is 0.412 e. The van der Waals surface area contributed by atoms with Crippen LogP contribution in [0.25, 0.3) is 0 Å². The summed E-state index contributed by atoms with van der Waals surface area (Å²) < 4.78 is 0. The smallest absolute Gasteiger partial charge is 0.0402 e. The van der Waals surface area contributed by atoms with E-state index in [-0.39, 0.29) is 49.8 Å². The molecule has 0 saturated carbocycles. The Morgan fingerprint density at radius 1 is 1.60 bits per heavy atom. The zero-order valence-electron chi connectivity index (χ0n) is 3.36. The Morgan fingerprint density at radius 3 is 1.60 bits per heavy atom. The SMILES string of the molecule is CCO.O.[Ca]. The van der Waals surface area contributed by atoms with Crippen molar-refractivity contribution >= 4 is 37.7 Å². The number of aliphatic hydroxyl groups excluding tert-OH is 1. The van der Waals surface area contributed by atoms with Crippen molar-refractivity contribution in [3.8, 4) is 0 Å². The minimum absolute atomic E-state index is 0. The van der Waals surface area contributed by atoms with Crippen molar-refractivity contribution in [2.45, 2.75) is 6.92 Å². The zero-order valence-corrected chi connectivity index (χ0v) is 5.57. The predicted molar refractivity (Wildman–Crippen MR) is 22.1 cm³/mol. The van der Waals surface area contributed by atoms with Crippen LogP contribution in [0.1, 0.15) is 6.92 Å². The summed E-state index contributed by atoms with van der Waals surface area (Å²) in [6, 6.07) is 0. The second-order valence-corrected chi connectivity index (χ2v) is 0.316. The molecule has 0 aromatic carbocycles. The van der Waals surface area contributed by atoms with E-state index in [1.807, 2.05) is 0 Å². The van der Waals surface area contributed by atoms with Crippen LogP contribution in [0, 0.1) is 0 Å². The van der Waals surface area contributed by atoms with Gasteiger partial charge in [0.05, 0.1) is 0 Å². The third-order valence-electron chi connectivity index (χ3n) is 0. The van der Waals surface area contributed by atoms with Gasteiger partial charge in [0.15, 0.2) is 0 Å². The summed E-state index contributed by atoms with van der Waals surface area (Å²) in [5.41, 5.74) is 0. The van der Waals surface area contributed by atoms with Gasteiger partial charge in [0.2, 0.25) is 0 Å². The maximum Gasteiger partial charge on any atom is 0.0402 e. The van der Waals surface area contributed by atoms with E-state index >= 15 is 0 Å². The van der Waals surface area contributed by atoms with Crippen molar-refractivity contribution in [3.63, 3.8) is 0 Å². The summed E-state index contributed by atoms with van der Waals surface area (Å²) in [5.74, 6) is 0. The third-order valence-corrected chi connectivity index (χ3v) is 0. The fraction of sp³-hybridized carbons (Fsp3) is 1.00. The first-order chi connectivity index (χ1) is 1.41. The van der Waals surface area contributed by atoms with Crippen molar-refractivity contribution in [1.82, 2.24) is 0 Å². The van der Waals surface area contributed by atoms with Crippen LogP contribution in [-0.4, -0.2) is 54.9 Å². The molecule has 5 heavy (non-hydrogen) atoms. The summed E-state index contributed by atoms with van der Waals surface area (Å²) in [6.07, 6.45) is 0. The predicted octanol–water partition coefficient (Wildman–Crippen LogP) is -1.21. The van der Waals surface area contributed by atoms with Crippen LogP contribution >= 0.6 is 0 Å². The fourth-order valence-corrected chi connectivity index (χ4v) is 0. The van der Waals surface area contributed by atoms with Crippen LogP contribution in [0.15, 0.2) is 0 Å². The van der Waals surface area contributed by atoms with Gasteiger partial charge in [-0.3, -0.25) is 0 Å². The Bertz CT molecular complexity index is 7.61. The van der Waals surface area contributed by atoms with Gasteiger partial charge in [-0.25, -0.2) is 0 Å². The standard InChI is InChI=1S/C2H6O.Ca.H2O/c1-2-3;;/h3H,2H2,1H3;;1H2. The molecule has 0 atom stereocenters. The normalized spacial score (nSPS) is 3.60.